The normalized spacial score (nSPS) is 11.2. The van der Waals surface area contributed by atoms with Gasteiger partial charge in [0.15, 0.2) is 0 Å². The SMILES string of the molecule is COc1ccc(COC(=O)NC(C)(C)C)c(-c2ncc(Br)s2)c1. The Hall–Kier alpha value is -1.60. The smallest absolute Gasteiger partial charge is 0.407 e. The molecule has 0 aliphatic carbocycles. The summed E-state index contributed by atoms with van der Waals surface area (Å²) in [7, 11) is 1.61. The lowest BCUT2D eigenvalue weighted by Crippen LogP contribution is -2.40. The second kappa shape index (κ2) is 7.31. The zero-order valence-corrected chi connectivity index (χ0v) is 15.9. The fraction of sp³-hybridized carbons (Fsp3) is 0.375. The number of thiazole rings is 1. The molecule has 23 heavy (non-hydrogen) atoms. The number of aromatic nitrogens is 1. The van der Waals surface area contributed by atoms with Gasteiger partial charge in [-0.1, -0.05) is 6.07 Å². The molecule has 0 fully saturated rings. The maximum Gasteiger partial charge on any atom is 0.407 e. The standard InChI is InChI=1S/C16H19BrN2O3S/c1-16(2,3)19-15(20)22-9-10-5-6-11(21-4)7-12(10)14-18-8-13(17)23-14/h5-8H,9H2,1-4H3,(H,19,20). The molecule has 7 heteroatoms. The van der Waals surface area contributed by atoms with Crippen LogP contribution in [0.5, 0.6) is 5.75 Å². The van der Waals surface area contributed by atoms with E-state index in [9.17, 15) is 4.79 Å². The van der Waals surface area contributed by atoms with E-state index in [1.54, 1.807) is 13.3 Å². The van der Waals surface area contributed by atoms with Crippen molar-refractivity contribution in [2.45, 2.75) is 32.9 Å². The van der Waals surface area contributed by atoms with E-state index in [-0.39, 0.29) is 12.1 Å². The highest BCUT2D eigenvalue weighted by Gasteiger charge is 2.16. The molecule has 0 atom stereocenters. The summed E-state index contributed by atoms with van der Waals surface area (Å²) in [6.07, 6.45) is 1.30. The number of benzene rings is 1. The van der Waals surface area contributed by atoms with Crippen LogP contribution in [0.15, 0.2) is 28.2 Å². The van der Waals surface area contributed by atoms with Gasteiger partial charge < -0.3 is 14.8 Å². The number of nitrogens with one attached hydrogen (secondary N) is 1. The lowest BCUT2D eigenvalue weighted by molar-refractivity contribution is 0.131. The van der Waals surface area contributed by atoms with Gasteiger partial charge in [0.25, 0.3) is 0 Å². The van der Waals surface area contributed by atoms with Crippen LogP contribution in [-0.2, 0) is 11.3 Å². The molecule has 1 N–H and O–H groups in total. The molecule has 2 aromatic rings. The maximum atomic E-state index is 11.8. The number of rotatable bonds is 4. The molecule has 0 aliphatic heterocycles. The van der Waals surface area contributed by atoms with E-state index < -0.39 is 6.09 Å². The van der Waals surface area contributed by atoms with E-state index in [4.69, 9.17) is 9.47 Å². The predicted octanol–water partition coefficient (Wildman–Crippen LogP) is 4.61. The number of halogens is 1. The molecule has 0 bridgehead atoms. The van der Waals surface area contributed by atoms with Gasteiger partial charge >= 0.3 is 6.09 Å². The third-order valence-corrected chi connectivity index (χ3v) is 4.37. The molecule has 1 aromatic heterocycles. The molecule has 124 valence electrons. The third kappa shape index (κ3) is 5.21. The van der Waals surface area contributed by atoms with Gasteiger partial charge in [0.05, 0.1) is 17.1 Å². The van der Waals surface area contributed by atoms with Crippen LogP contribution in [0.4, 0.5) is 4.79 Å². The second-order valence-electron chi connectivity index (χ2n) is 5.94. The molecule has 1 amide bonds. The van der Waals surface area contributed by atoms with Gasteiger partial charge in [-0.05, 0) is 54.4 Å². The van der Waals surface area contributed by atoms with Crippen molar-refractivity contribution in [3.05, 3.63) is 33.7 Å². The van der Waals surface area contributed by atoms with Crippen molar-refractivity contribution in [1.82, 2.24) is 10.3 Å². The van der Waals surface area contributed by atoms with Gasteiger partial charge in [-0.3, -0.25) is 0 Å². The van der Waals surface area contributed by atoms with Crippen LogP contribution in [0.1, 0.15) is 26.3 Å². The van der Waals surface area contributed by atoms with E-state index in [0.717, 1.165) is 25.7 Å². The van der Waals surface area contributed by atoms with Gasteiger partial charge in [0.2, 0.25) is 0 Å². The molecule has 1 aromatic carbocycles. The van der Waals surface area contributed by atoms with Crippen LogP contribution in [0.25, 0.3) is 10.6 Å². The molecule has 0 radical (unpaired) electrons. The quantitative estimate of drug-likeness (QED) is 0.816. The number of carbonyl (C=O) groups excluding carboxylic acids is 1. The van der Waals surface area contributed by atoms with Crippen molar-refractivity contribution in [2.24, 2.45) is 0 Å². The predicted molar refractivity (Wildman–Crippen MR) is 94.9 cm³/mol. The fourth-order valence-electron chi connectivity index (χ4n) is 1.87. The molecule has 0 unspecified atom stereocenters. The number of amides is 1. The van der Waals surface area contributed by atoms with Crippen LogP contribution in [0, 0.1) is 0 Å². The van der Waals surface area contributed by atoms with Gasteiger partial charge in [-0.15, -0.1) is 11.3 Å². The fourth-order valence-corrected chi connectivity index (χ4v) is 3.13. The summed E-state index contributed by atoms with van der Waals surface area (Å²) in [5, 5.41) is 3.61. The number of hydrogen-bond acceptors (Lipinski definition) is 5. The summed E-state index contributed by atoms with van der Waals surface area (Å²) in [6, 6.07) is 5.62. The largest absolute Gasteiger partial charge is 0.497 e. The third-order valence-electron chi connectivity index (χ3n) is 2.86. The second-order valence-corrected chi connectivity index (χ2v) is 8.35. The van der Waals surface area contributed by atoms with Gasteiger partial charge in [-0.25, -0.2) is 9.78 Å². The van der Waals surface area contributed by atoms with Crippen LogP contribution in [0.3, 0.4) is 0 Å². The van der Waals surface area contributed by atoms with Crippen molar-refractivity contribution in [3.8, 4) is 16.3 Å². The molecule has 0 spiro atoms. The summed E-state index contributed by atoms with van der Waals surface area (Å²) in [4.78, 5) is 16.2. The Morgan fingerprint density at radius 1 is 1.39 bits per heavy atom. The van der Waals surface area contributed by atoms with Crippen LogP contribution < -0.4 is 10.1 Å². The Bertz CT molecular complexity index is 695. The Kier molecular flexibility index (Phi) is 5.64. The Labute approximate surface area is 148 Å². The molecule has 5 nitrogen and oxygen atoms in total. The minimum atomic E-state index is -0.445. The highest BCUT2D eigenvalue weighted by Crippen LogP contribution is 2.33. The summed E-state index contributed by atoms with van der Waals surface area (Å²) < 4.78 is 11.5. The first-order valence-electron chi connectivity index (χ1n) is 7.02. The lowest BCUT2D eigenvalue weighted by atomic mass is 10.1. The first-order chi connectivity index (χ1) is 10.8. The highest BCUT2D eigenvalue weighted by molar-refractivity contribution is 9.11. The van der Waals surface area contributed by atoms with Crippen molar-refractivity contribution in [2.75, 3.05) is 7.11 Å². The topological polar surface area (TPSA) is 60.5 Å². The molecule has 0 saturated carbocycles. The molecule has 1 heterocycles. The zero-order chi connectivity index (χ0) is 17.0. The van der Waals surface area contributed by atoms with Crippen LogP contribution in [-0.4, -0.2) is 23.7 Å². The highest BCUT2D eigenvalue weighted by atomic mass is 79.9. The van der Waals surface area contributed by atoms with E-state index >= 15 is 0 Å². The monoisotopic (exact) mass is 398 g/mol. The first-order valence-corrected chi connectivity index (χ1v) is 8.63. The Morgan fingerprint density at radius 2 is 2.13 bits per heavy atom. The average molecular weight is 399 g/mol. The summed E-state index contributed by atoms with van der Waals surface area (Å²) in [6.45, 7) is 5.87. The van der Waals surface area contributed by atoms with Crippen molar-refractivity contribution in [1.29, 1.82) is 0 Å². The number of methoxy groups -OCH3 is 1. The van der Waals surface area contributed by atoms with Crippen LogP contribution >= 0.6 is 27.3 Å². The number of hydrogen-bond donors (Lipinski definition) is 1. The molecule has 2 rings (SSSR count). The minimum Gasteiger partial charge on any atom is -0.497 e. The number of ether oxygens (including phenoxy) is 2. The number of alkyl carbamates (subject to hydrolysis) is 1. The molecule has 0 aliphatic rings. The van der Waals surface area contributed by atoms with E-state index in [2.05, 4.69) is 26.2 Å². The zero-order valence-electron chi connectivity index (χ0n) is 13.5. The van der Waals surface area contributed by atoms with Crippen molar-refractivity contribution < 1.29 is 14.3 Å². The number of carbonyl (C=O) groups is 1. The van der Waals surface area contributed by atoms with Gasteiger partial charge in [0.1, 0.15) is 17.4 Å². The molecule has 0 saturated heterocycles. The molecular formula is C16H19BrN2O3S. The van der Waals surface area contributed by atoms with E-state index in [1.165, 1.54) is 11.3 Å². The summed E-state index contributed by atoms with van der Waals surface area (Å²) in [5.41, 5.74) is 1.43. The first kappa shape index (κ1) is 17.7. The van der Waals surface area contributed by atoms with Crippen LogP contribution in [0.2, 0.25) is 0 Å². The number of nitrogens with zero attached hydrogens (tertiary/aromatic N) is 1. The summed E-state index contributed by atoms with van der Waals surface area (Å²) >= 11 is 4.93. The molecular weight excluding hydrogens is 380 g/mol. The minimum absolute atomic E-state index is 0.165. The Balaban J connectivity index is 2.20. The van der Waals surface area contributed by atoms with Crippen molar-refractivity contribution in [3.63, 3.8) is 0 Å². The van der Waals surface area contributed by atoms with E-state index in [1.807, 2.05) is 39.0 Å². The van der Waals surface area contributed by atoms with E-state index in [0.29, 0.717) is 0 Å². The van der Waals surface area contributed by atoms with Gasteiger partial charge in [-0.2, -0.15) is 0 Å². The average Bonchev–Trinajstić information content (AvgIpc) is 2.89. The van der Waals surface area contributed by atoms with Gasteiger partial charge in [0, 0.05) is 11.1 Å². The Morgan fingerprint density at radius 3 is 2.70 bits per heavy atom. The maximum absolute atomic E-state index is 11.8. The van der Waals surface area contributed by atoms with Crippen molar-refractivity contribution >= 4 is 33.4 Å². The summed E-state index contributed by atoms with van der Waals surface area (Å²) in [5.74, 6) is 0.731. The lowest BCUT2D eigenvalue weighted by Gasteiger charge is -2.20.